The Labute approximate surface area is 314 Å². The third kappa shape index (κ3) is 4.08. The summed E-state index contributed by atoms with van der Waals surface area (Å²) in [6, 6.07) is 37.9. The van der Waals surface area contributed by atoms with Crippen LogP contribution in [-0.2, 0) is 0 Å². The van der Waals surface area contributed by atoms with Crippen LogP contribution in [0.15, 0.2) is 182 Å². The molecule has 0 saturated heterocycles. The molecule has 3 heteroatoms. The van der Waals surface area contributed by atoms with Crippen molar-refractivity contribution in [3.8, 4) is 28.2 Å². The summed E-state index contributed by atoms with van der Waals surface area (Å²) >= 11 is 0. The summed E-state index contributed by atoms with van der Waals surface area (Å²) < 4.78 is 97.9. The molecule has 244 valence electrons. The summed E-state index contributed by atoms with van der Waals surface area (Å²) in [5.41, 5.74) is 6.65. The molecule has 3 nitrogen and oxygen atoms in total. The topological polar surface area (TPSA) is 14.8 Å². The first-order chi connectivity index (χ1) is 30.0. The van der Waals surface area contributed by atoms with Crippen LogP contribution >= 0.6 is 0 Å². The maximum Gasteiger partial charge on any atom is 0.0645 e. The van der Waals surface area contributed by atoms with Gasteiger partial charge in [0.2, 0.25) is 0 Å². The van der Waals surface area contributed by atoms with Gasteiger partial charge in [-0.2, -0.15) is 0 Å². The Kier molecular flexibility index (Phi) is 4.42. The highest BCUT2D eigenvalue weighted by Crippen LogP contribution is 2.44. The summed E-state index contributed by atoms with van der Waals surface area (Å²) in [6.45, 7) is -0.413. The molecule has 0 amide bonds. The number of hydrogen-bond acceptors (Lipinski definition) is 0. The van der Waals surface area contributed by atoms with E-state index in [1.807, 2.05) is 127 Å². The third-order valence-electron chi connectivity index (χ3n) is 10.1. The quantitative estimate of drug-likeness (QED) is 0.177. The Morgan fingerprint density at radius 3 is 2.00 bits per heavy atom. The van der Waals surface area contributed by atoms with Crippen molar-refractivity contribution in [3.63, 3.8) is 0 Å². The van der Waals surface area contributed by atoms with E-state index in [1.165, 1.54) is 0 Å². The second-order valence-corrected chi connectivity index (χ2v) is 13.0. The van der Waals surface area contributed by atoms with Crippen LogP contribution in [0.1, 0.15) is 19.3 Å². The molecule has 0 saturated carbocycles. The van der Waals surface area contributed by atoms with Crippen molar-refractivity contribution in [1.82, 2.24) is 13.7 Å². The summed E-state index contributed by atoms with van der Waals surface area (Å²) in [4.78, 5) is 0. The molecule has 0 fully saturated rings. The SMILES string of the molecule is [2H]Cc1c([2H])c([2H])c([2H])c2c3c(c([2H])c([2H])c4c5c([2H])c([2H])c([2H])c([2H])c5n(-c5ccc6c(c5)c5ccccc5n6-c5ccccc5)c43)n(-c3cccc(-c4ccccc4)c3)c12. The lowest BCUT2D eigenvalue weighted by atomic mass is 10.1. The average Bonchev–Trinajstić information content (AvgIpc) is 3.96. The Hall–Kier alpha value is -6.84. The number of nitrogens with zero attached hydrogens (tertiary/aromatic N) is 3. The van der Waals surface area contributed by atoms with Gasteiger partial charge < -0.3 is 13.7 Å². The molecule has 0 bridgehead atoms. The maximum atomic E-state index is 9.79. The lowest BCUT2D eigenvalue weighted by Gasteiger charge is -2.12. The van der Waals surface area contributed by atoms with Crippen LogP contribution in [0.5, 0.6) is 0 Å². The van der Waals surface area contributed by atoms with Gasteiger partial charge in [0, 0.05) is 50.8 Å². The zero-order valence-electron chi connectivity index (χ0n) is 37.7. The van der Waals surface area contributed by atoms with Crippen molar-refractivity contribution in [2.75, 3.05) is 0 Å². The Balaban J connectivity index is 1.39. The van der Waals surface area contributed by atoms with Crippen LogP contribution in [-0.4, -0.2) is 13.7 Å². The molecular formula is C49H33N3. The van der Waals surface area contributed by atoms with Crippen LogP contribution in [0.2, 0.25) is 0 Å². The van der Waals surface area contributed by atoms with E-state index >= 15 is 0 Å². The molecule has 0 atom stereocenters. The first-order valence-corrected chi connectivity index (χ1v) is 17.1. The number of benzene rings is 8. The minimum absolute atomic E-state index is 0.0561. The molecule has 0 aliphatic heterocycles. The molecule has 52 heavy (non-hydrogen) atoms. The van der Waals surface area contributed by atoms with Crippen LogP contribution in [0, 0.1) is 6.90 Å². The lowest BCUT2D eigenvalue weighted by Crippen LogP contribution is -1.97. The molecule has 0 aliphatic carbocycles. The molecular weight excluding hydrogens is 631 g/mol. The molecule has 0 spiro atoms. The molecule has 8 aromatic carbocycles. The maximum absolute atomic E-state index is 9.79. The van der Waals surface area contributed by atoms with Gasteiger partial charge >= 0.3 is 0 Å². The van der Waals surface area contributed by atoms with Gasteiger partial charge in [0.05, 0.1) is 45.4 Å². The van der Waals surface area contributed by atoms with Gasteiger partial charge in [-0.25, -0.2) is 0 Å². The standard InChI is InChI=1S/C49H33N3/c1-32-14-12-23-41-47-46(52(48(32)41)36-20-13-17-34(30-36)33-15-4-2-5-16-33)29-27-40-38-21-8-11-25-44(38)51(49(40)47)37-26-28-45-42(31-37)39-22-9-10-24-43(39)50(45)35-18-6-3-7-19-35/h2-31H,1H3/i1D,8D,11D,12D,14D,21D,23D,25D,27D,29D. The Bertz CT molecular complexity index is 3720. The van der Waals surface area contributed by atoms with Gasteiger partial charge in [-0.1, -0.05) is 121 Å². The van der Waals surface area contributed by atoms with Crippen molar-refractivity contribution in [3.05, 3.63) is 187 Å². The van der Waals surface area contributed by atoms with Crippen LogP contribution in [0.3, 0.4) is 0 Å². The second-order valence-electron chi connectivity index (χ2n) is 13.0. The average molecular weight is 674 g/mol. The Morgan fingerprint density at radius 2 is 1.12 bits per heavy atom. The predicted octanol–water partition coefficient (Wildman–Crippen LogP) is 13.0. The molecule has 0 radical (unpaired) electrons. The van der Waals surface area contributed by atoms with Crippen LogP contribution in [0.4, 0.5) is 0 Å². The van der Waals surface area contributed by atoms with Crippen LogP contribution in [0.25, 0.3) is 93.6 Å². The highest BCUT2D eigenvalue weighted by molar-refractivity contribution is 6.26. The van der Waals surface area contributed by atoms with E-state index in [-0.39, 0.29) is 85.4 Å². The van der Waals surface area contributed by atoms with Crippen LogP contribution < -0.4 is 0 Å². The monoisotopic (exact) mass is 673 g/mol. The predicted molar refractivity (Wildman–Crippen MR) is 220 cm³/mol. The van der Waals surface area contributed by atoms with E-state index < -0.39 is 25.0 Å². The van der Waals surface area contributed by atoms with E-state index in [4.69, 9.17) is 6.85 Å². The van der Waals surface area contributed by atoms with Gasteiger partial charge in [0.25, 0.3) is 0 Å². The van der Waals surface area contributed by atoms with E-state index in [0.717, 1.165) is 38.6 Å². The smallest absolute Gasteiger partial charge is 0.0645 e. The third-order valence-corrected chi connectivity index (χ3v) is 10.1. The molecule has 11 aromatic rings. The van der Waals surface area contributed by atoms with Gasteiger partial charge in [0.15, 0.2) is 0 Å². The van der Waals surface area contributed by atoms with E-state index in [2.05, 4.69) is 4.57 Å². The second kappa shape index (κ2) is 11.1. The summed E-state index contributed by atoms with van der Waals surface area (Å²) in [5, 5.41) is 2.42. The van der Waals surface area contributed by atoms with E-state index in [0.29, 0.717) is 11.4 Å². The number of para-hydroxylation sites is 4. The minimum atomic E-state index is -0.487. The van der Waals surface area contributed by atoms with E-state index in [9.17, 15) is 6.85 Å². The van der Waals surface area contributed by atoms with Crippen molar-refractivity contribution < 1.29 is 13.7 Å². The highest BCUT2D eigenvalue weighted by Gasteiger charge is 2.22. The molecule has 0 N–H and O–H groups in total. The van der Waals surface area contributed by atoms with Crippen molar-refractivity contribution in [1.29, 1.82) is 0 Å². The zero-order valence-corrected chi connectivity index (χ0v) is 27.7. The fourth-order valence-electron chi connectivity index (χ4n) is 7.96. The number of hydrogen-bond donors (Lipinski definition) is 0. The van der Waals surface area contributed by atoms with E-state index in [1.54, 1.807) is 9.13 Å². The molecule has 0 aliphatic rings. The fraction of sp³-hybridized carbons (Fsp3) is 0.0204. The van der Waals surface area contributed by atoms with Gasteiger partial charge in [0.1, 0.15) is 0 Å². The minimum Gasteiger partial charge on any atom is -0.309 e. The lowest BCUT2D eigenvalue weighted by molar-refractivity contribution is 1.16. The zero-order chi connectivity index (χ0) is 42.9. The largest absolute Gasteiger partial charge is 0.309 e. The highest BCUT2D eigenvalue weighted by atomic mass is 15.0. The molecule has 0 unspecified atom stereocenters. The van der Waals surface area contributed by atoms with Gasteiger partial charge in [-0.15, -0.1) is 0 Å². The summed E-state index contributed by atoms with van der Waals surface area (Å²) in [7, 11) is 0. The molecule has 3 aromatic heterocycles. The molecule has 11 rings (SSSR count). The van der Waals surface area contributed by atoms with Crippen molar-refractivity contribution >= 4 is 65.4 Å². The first kappa shape index (κ1) is 20.7. The van der Waals surface area contributed by atoms with Gasteiger partial charge in [-0.05, 0) is 84.2 Å². The van der Waals surface area contributed by atoms with Crippen molar-refractivity contribution in [2.45, 2.75) is 6.90 Å². The fourth-order valence-corrected chi connectivity index (χ4v) is 7.96. The Morgan fingerprint density at radius 1 is 0.404 bits per heavy atom. The first-order valence-electron chi connectivity index (χ1n) is 22.3. The normalized spacial score (nSPS) is 14.6. The summed E-state index contributed by atoms with van der Waals surface area (Å²) in [6.07, 6.45) is 0. The van der Waals surface area contributed by atoms with Gasteiger partial charge in [-0.3, -0.25) is 0 Å². The summed E-state index contributed by atoms with van der Waals surface area (Å²) in [5.74, 6) is 0. The number of aryl methyl sites for hydroxylation is 1. The van der Waals surface area contributed by atoms with Crippen molar-refractivity contribution in [2.24, 2.45) is 0 Å². The molecule has 3 heterocycles. The number of aromatic nitrogens is 3. The number of fused-ring (bicyclic) bond motifs is 10. The number of rotatable bonds is 4.